The van der Waals surface area contributed by atoms with Crippen molar-refractivity contribution in [3.8, 4) is 0 Å². The Labute approximate surface area is 168 Å². The molecule has 0 radical (unpaired) electrons. The highest BCUT2D eigenvalue weighted by molar-refractivity contribution is 7.92. The Morgan fingerprint density at radius 2 is 1.50 bits per heavy atom. The Kier molecular flexibility index (Phi) is 6.39. The number of benzene rings is 2. The summed E-state index contributed by atoms with van der Waals surface area (Å²) in [4.78, 5) is 14.7. The van der Waals surface area contributed by atoms with Crippen LogP contribution in [0.15, 0.2) is 48.5 Å². The van der Waals surface area contributed by atoms with Gasteiger partial charge in [0.1, 0.15) is 0 Å². The zero-order chi connectivity index (χ0) is 20.1. The summed E-state index contributed by atoms with van der Waals surface area (Å²) < 4.78 is 26.1. The molecule has 150 valence electrons. The number of likely N-dealkylation sites (tertiary alicyclic amines) is 1. The van der Waals surface area contributed by atoms with Crippen molar-refractivity contribution < 1.29 is 13.2 Å². The van der Waals surface area contributed by atoms with E-state index in [9.17, 15) is 13.2 Å². The van der Waals surface area contributed by atoms with Gasteiger partial charge in [0.25, 0.3) is 5.91 Å². The molecule has 0 N–H and O–H groups in total. The van der Waals surface area contributed by atoms with Gasteiger partial charge in [-0.2, -0.15) is 0 Å². The van der Waals surface area contributed by atoms with E-state index >= 15 is 0 Å². The lowest BCUT2D eigenvalue weighted by atomic mass is 10.1. The molecule has 2 aromatic rings. The average molecular weight is 401 g/mol. The largest absolute Gasteiger partial charge is 0.339 e. The molecule has 6 heteroatoms. The van der Waals surface area contributed by atoms with Crippen LogP contribution >= 0.6 is 0 Å². The van der Waals surface area contributed by atoms with E-state index in [2.05, 4.69) is 0 Å². The van der Waals surface area contributed by atoms with Crippen LogP contribution in [-0.4, -0.2) is 38.6 Å². The van der Waals surface area contributed by atoms with Gasteiger partial charge in [0.2, 0.25) is 10.0 Å². The molecule has 0 unspecified atom stereocenters. The van der Waals surface area contributed by atoms with Crippen LogP contribution in [0.5, 0.6) is 0 Å². The lowest BCUT2D eigenvalue weighted by Gasteiger charge is -2.24. The number of aryl methyl sites for hydroxylation is 1. The van der Waals surface area contributed by atoms with Gasteiger partial charge in [-0.15, -0.1) is 0 Å². The summed E-state index contributed by atoms with van der Waals surface area (Å²) in [6, 6.07) is 14.7. The second-order valence-electron chi connectivity index (χ2n) is 7.51. The van der Waals surface area contributed by atoms with Crippen LogP contribution < -0.4 is 4.31 Å². The molecular weight excluding hydrogens is 372 g/mol. The molecule has 0 bridgehead atoms. The number of anilines is 1. The van der Waals surface area contributed by atoms with Crippen molar-refractivity contribution in [3.63, 3.8) is 0 Å². The summed E-state index contributed by atoms with van der Waals surface area (Å²) in [7, 11) is -3.45. The number of carbonyl (C=O) groups excluding carboxylic acids is 1. The predicted octanol–water partition coefficient (Wildman–Crippen LogP) is 3.98. The zero-order valence-corrected chi connectivity index (χ0v) is 17.4. The maximum absolute atomic E-state index is 12.7. The van der Waals surface area contributed by atoms with Crippen LogP contribution in [-0.2, 0) is 16.6 Å². The van der Waals surface area contributed by atoms with E-state index in [-0.39, 0.29) is 12.5 Å². The van der Waals surface area contributed by atoms with Crippen LogP contribution in [0.25, 0.3) is 0 Å². The van der Waals surface area contributed by atoms with Crippen molar-refractivity contribution in [1.82, 2.24) is 4.90 Å². The Balaban J connectivity index is 1.80. The van der Waals surface area contributed by atoms with Gasteiger partial charge in [-0.3, -0.25) is 9.10 Å². The van der Waals surface area contributed by atoms with Gasteiger partial charge in [0.05, 0.1) is 18.5 Å². The molecule has 1 fully saturated rings. The summed E-state index contributed by atoms with van der Waals surface area (Å²) in [5.41, 5.74) is 3.22. The molecular formula is C22H28N2O3S. The first kappa shape index (κ1) is 20.4. The van der Waals surface area contributed by atoms with Gasteiger partial charge >= 0.3 is 0 Å². The van der Waals surface area contributed by atoms with E-state index in [1.807, 2.05) is 36.1 Å². The summed E-state index contributed by atoms with van der Waals surface area (Å²) in [5, 5.41) is 0. The number of nitrogens with zero attached hydrogens (tertiary/aromatic N) is 2. The van der Waals surface area contributed by atoms with Crippen molar-refractivity contribution in [2.45, 2.75) is 39.2 Å². The normalized spacial score (nSPS) is 15.1. The fourth-order valence-corrected chi connectivity index (χ4v) is 4.37. The summed E-state index contributed by atoms with van der Waals surface area (Å²) in [6.07, 6.45) is 5.64. The summed E-state index contributed by atoms with van der Waals surface area (Å²) in [5.74, 6) is 0.0258. The molecule has 0 aliphatic carbocycles. The fraction of sp³-hybridized carbons (Fsp3) is 0.409. The van der Waals surface area contributed by atoms with Gasteiger partial charge < -0.3 is 4.90 Å². The average Bonchev–Trinajstić information content (AvgIpc) is 2.96. The number of sulfonamides is 1. The van der Waals surface area contributed by atoms with E-state index in [0.29, 0.717) is 11.3 Å². The van der Waals surface area contributed by atoms with Crippen LogP contribution in [0.1, 0.15) is 47.2 Å². The van der Waals surface area contributed by atoms with Gasteiger partial charge in [-0.1, -0.05) is 42.7 Å². The summed E-state index contributed by atoms with van der Waals surface area (Å²) >= 11 is 0. The van der Waals surface area contributed by atoms with Gasteiger partial charge in [0.15, 0.2) is 0 Å². The van der Waals surface area contributed by atoms with E-state index in [1.54, 1.807) is 24.3 Å². The van der Waals surface area contributed by atoms with E-state index in [1.165, 1.54) is 23.4 Å². The smallest absolute Gasteiger partial charge is 0.253 e. The highest BCUT2D eigenvalue weighted by Crippen LogP contribution is 2.22. The molecule has 1 amide bonds. The zero-order valence-electron chi connectivity index (χ0n) is 16.6. The van der Waals surface area contributed by atoms with Crippen molar-refractivity contribution in [3.05, 3.63) is 65.2 Å². The Morgan fingerprint density at radius 3 is 2.04 bits per heavy atom. The van der Waals surface area contributed by atoms with Crippen molar-refractivity contribution >= 4 is 21.6 Å². The minimum atomic E-state index is -3.45. The molecule has 5 nitrogen and oxygen atoms in total. The Hall–Kier alpha value is -2.34. The van der Waals surface area contributed by atoms with Crippen LogP contribution in [0.2, 0.25) is 0 Å². The predicted molar refractivity (Wildman–Crippen MR) is 113 cm³/mol. The molecule has 0 spiro atoms. The minimum Gasteiger partial charge on any atom is -0.339 e. The molecule has 0 aromatic heterocycles. The topological polar surface area (TPSA) is 57.7 Å². The monoisotopic (exact) mass is 400 g/mol. The van der Waals surface area contributed by atoms with Crippen molar-refractivity contribution in [2.75, 3.05) is 23.7 Å². The molecule has 3 rings (SSSR count). The van der Waals surface area contributed by atoms with Gasteiger partial charge in [-0.25, -0.2) is 8.42 Å². The van der Waals surface area contributed by atoms with Crippen LogP contribution in [0.3, 0.4) is 0 Å². The second-order valence-corrected chi connectivity index (χ2v) is 9.42. The lowest BCUT2D eigenvalue weighted by molar-refractivity contribution is 0.0761. The van der Waals surface area contributed by atoms with Crippen molar-refractivity contribution in [1.29, 1.82) is 0 Å². The molecule has 1 aliphatic rings. The minimum absolute atomic E-state index is 0.0258. The first-order chi connectivity index (χ1) is 13.3. The number of carbonyl (C=O) groups is 1. The third-order valence-electron chi connectivity index (χ3n) is 5.14. The van der Waals surface area contributed by atoms with Crippen LogP contribution in [0, 0.1) is 6.92 Å². The van der Waals surface area contributed by atoms with Gasteiger partial charge in [0, 0.05) is 18.7 Å². The molecule has 0 atom stereocenters. The molecule has 28 heavy (non-hydrogen) atoms. The first-order valence-corrected chi connectivity index (χ1v) is 11.6. The molecule has 0 saturated carbocycles. The maximum atomic E-state index is 12.7. The first-order valence-electron chi connectivity index (χ1n) is 9.77. The highest BCUT2D eigenvalue weighted by Gasteiger charge is 2.20. The molecule has 2 aromatic carbocycles. The van der Waals surface area contributed by atoms with Crippen molar-refractivity contribution in [2.24, 2.45) is 0 Å². The number of rotatable bonds is 5. The lowest BCUT2D eigenvalue weighted by Crippen LogP contribution is -2.32. The number of amides is 1. The Morgan fingerprint density at radius 1 is 0.929 bits per heavy atom. The molecule has 1 heterocycles. The standard InChI is InChI=1S/C22H28N2O3S/c1-18-7-9-19(10-8-18)17-24(28(2,26)27)21-13-11-20(12-14-21)22(25)23-15-5-3-4-6-16-23/h7-14H,3-6,15-17H2,1-2H3. The highest BCUT2D eigenvalue weighted by atomic mass is 32.2. The van der Waals surface area contributed by atoms with Crippen LogP contribution in [0.4, 0.5) is 5.69 Å². The fourth-order valence-electron chi connectivity index (χ4n) is 3.49. The second kappa shape index (κ2) is 8.78. The third-order valence-corrected chi connectivity index (χ3v) is 6.28. The number of hydrogen-bond acceptors (Lipinski definition) is 3. The molecule has 1 aliphatic heterocycles. The maximum Gasteiger partial charge on any atom is 0.253 e. The third kappa shape index (κ3) is 5.13. The Bertz CT molecular complexity index is 898. The van der Waals surface area contributed by atoms with E-state index < -0.39 is 10.0 Å². The van der Waals surface area contributed by atoms with E-state index in [0.717, 1.165) is 37.1 Å². The quantitative estimate of drug-likeness (QED) is 0.763. The molecule has 1 saturated heterocycles. The van der Waals surface area contributed by atoms with E-state index in [4.69, 9.17) is 0 Å². The number of hydrogen-bond donors (Lipinski definition) is 0. The summed E-state index contributed by atoms with van der Waals surface area (Å²) in [6.45, 7) is 3.85. The van der Waals surface area contributed by atoms with Gasteiger partial charge in [-0.05, 0) is 49.6 Å². The SMILES string of the molecule is Cc1ccc(CN(c2ccc(C(=O)N3CCCCCC3)cc2)S(C)(=O)=O)cc1.